The number of unbranched alkanes of at least 4 members (excludes halogenated alkanes) is 24. The fraction of sp³-hybridized carbons (Fsp3) is 0.945. The fourth-order valence-corrected chi connectivity index (χ4v) is 10.4. The Morgan fingerprint density at radius 1 is 0.547 bits per heavy atom. The largest absolute Gasteiger partial charge is 0.470 e. The van der Waals surface area contributed by atoms with Crippen LogP contribution in [0.3, 0.4) is 0 Å². The summed E-state index contributed by atoms with van der Waals surface area (Å²) < 4.78 is 46.7. The zero-order valence-electron chi connectivity index (χ0n) is 46.5. The molecule has 0 aromatic rings. The average molecular weight is 1100 g/mol. The summed E-state index contributed by atoms with van der Waals surface area (Å²) in [5.74, 6) is -1.71. The zero-order valence-corrected chi connectivity index (χ0v) is 47.4. The van der Waals surface area contributed by atoms with Crippen LogP contribution < -0.4 is 10.6 Å². The number of amides is 2. The molecule has 442 valence electrons. The van der Waals surface area contributed by atoms with E-state index in [1.807, 2.05) is 6.92 Å². The van der Waals surface area contributed by atoms with Crippen molar-refractivity contribution < 1.29 is 82.5 Å². The van der Waals surface area contributed by atoms with Crippen LogP contribution in [-0.2, 0) is 47.2 Å². The zero-order chi connectivity index (χ0) is 55.3. The lowest BCUT2D eigenvalue weighted by molar-refractivity contribution is -0.302. The highest BCUT2D eigenvalue weighted by atomic mass is 31.2. The Hall–Kier alpha value is -1.84. The van der Waals surface area contributed by atoms with Gasteiger partial charge in [-0.15, -0.1) is 0 Å². The fourth-order valence-electron chi connectivity index (χ4n) is 9.85. The Labute approximate surface area is 450 Å². The van der Waals surface area contributed by atoms with Crippen LogP contribution in [0.25, 0.3) is 0 Å². The van der Waals surface area contributed by atoms with E-state index in [1.165, 1.54) is 89.9 Å². The number of phosphoric acid groups is 1. The van der Waals surface area contributed by atoms with E-state index < -0.39 is 112 Å². The molecule has 0 saturated carbocycles. The van der Waals surface area contributed by atoms with Gasteiger partial charge in [-0.25, -0.2) is 4.57 Å². The maximum Gasteiger partial charge on any atom is 0.470 e. The van der Waals surface area contributed by atoms with Crippen LogP contribution >= 0.6 is 7.82 Å². The van der Waals surface area contributed by atoms with Crippen LogP contribution in [0.15, 0.2) is 0 Å². The molecule has 0 bridgehead atoms. The Balaban J connectivity index is 2.17. The number of aliphatic hydroxyl groups excluding tert-OH is 5. The van der Waals surface area contributed by atoms with Crippen molar-refractivity contribution in [2.75, 3.05) is 19.8 Å². The lowest BCUT2D eigenvalue weighted by atomic mass is 9.95. The molecule has 2 rings (SSSR count). The Morgan fingerprint density at radius 3 is 1.48 bits per heavy atom. The predicted molar refractivity (Wildman–Crippen MR) is 286 cm³/mol. The minimum Gasteiger partial charge on any atom is -0.462 e. The van der Waals surface area contributed by atoms with Crippen molar-refractivity contribution in [2.45, 2.75) is 313 Å². The molecule has 2 aliphatic rings. The molecule has 19 nitrogen and oxygen atoms in total. The molecule has 0 aromatic carbocycles. The van der Waals surface area contributed by atoms with Crippen LogP contribution in [0.5, 0.6) is 0 Å². The molecule has 0 radical (unpaired) electrons. The number of rotatable bonds is 46. The van der Waals surface area contributed by atoms with E-state index in [-0.39, 0.29) is 25.9 Å². The van der Waals surface area contributed by atoms with Crippen LogP contribution in [0.2, 0.25) is 0 Å². The molecular formula is C55H105N2O17P. The molecule has 0 aliphatic carbocycles. The molecule has 2 saturated heterocycles. The van der Waals surface area contributed by atoms with Gasteiger partial charge in [0.05, 0.1) is 32.2 Å². The lowest BCUT2D eigenvalue weighted by Crippen LogP contribution is -2.67. The number of aliphatic hydroxyl groups is 5. The molecule has 75 heavy (non-hydrogen) atoms. The van der Waals surface area contributed by atoms with E-state index in [0.717, 1.165) is 70.6 Å². The lowest BCUT2D eigenvalue weighted by Gasteiger charge is -2.45. The van der Waals surface area contributed by atoms with Gasteiger partial charge in [0.2, 0.25) is 11.8 Å². The van der Waals surface area contributed by atoms with Crippen molar-refractivity contribution in [3.8, 4) is 0 Å². The van der Waals surface area contributed by atoms with Crippen LogP contribution in [0.4, 0.5) is 0 Å². The number of carbonyl (C=O) groups excluding carboxylic acids is 3. The second-order valence-electron chi connectivity index (χ2n) is 21.2. The van der Waals surface area contributed by atoms with Crippen molar-refractivity contribution in [1.29, 1.82) is 0 Å². The van der Waals surface area contributed by atoms with Gasteiger partial charge < -0.3 is 69.6 Å². The third-order valence-electron chi connectivity index (χ3n) is 14.3. The quantitative estimate of drug-likeness (QED) is 0.0158. The first-order valence-electron chi connectivity index (χ1n) is 29.5. The number of carbonyl (C=O) groups is 3. The maximum atomic E-state index is 14.0. The second-order valence-corrected chi connectivity index (χ2v) is 22.4. The number of hydrogen-bond acceptors (Lipinski definition) is 15. The topological polar surface area (TPSA) is 289 Å². The molecule has 2 fully saturated rings. The normalized spacial score (nSPS) is 24.9. The van der Waals surface area contributed by atoms with Crippen molar-refractivity contribution >= 4 is 25.6 Å². The standard InChI is InChI=1S/C55H105N2O17P/c1-5-9-12-15-18-21-24-27-30-33-41(59)37-45(60)56-48-51(64)50(63)44(73-54(48)69-36-8-4)40-70-55-49(52(65)53(43(39-58)72-55)74-75(66,67)68)57-46(61)38-42(34-31-28-25-22-19-16-13-10-6-2)71-47(62)35-32-29-26-23-20-17-14-11-7-3/h41-44,48-55,58-59,63-65H,5-40H2,1-4H3,(H,56,60)(H,57,61)(H2,66,67,68)/t41?,42-,43?,44?,48?,49?,50?,51?,52?,53?,54?,55?/m1/s1. The smallest absolute Gasteiger partial charge is 0.462 e. The number of phosphoric ester groups is 1. The number of hydrogen-bond donors (Lipinski definition) is 9. The third kappa shape index (κ3) is 30.9. The summed E-state index contributed by atoms with van der Waals surface area (Å²) in [6, 6.07) is -2.85. The van der Waals surface area contributed by atoms with E-state index in [0.29, 0.717) is 32.1 Å². The summed E-state index contributed by atoms with van der Waals surface area (Å²) in [5, 5.41) is 60.6. The van der Waals surface area contributed by atoms with Gasteiger partial charge in [0.1, 0.15) is 54.8 Å². The highest BCUT2D eigenvalue weighted by Crippen LogP contribution is 2.41. The van der Waals surface area contributed by atoms with Gasteiger partial charge in [-0.3, -0.25) is 18.9 Å². The second kappa shape index (κ2) is 42.1. The number of esters is 1. The SMILES string of the molecule is CCCCCCCCCCCC(=O)O[C@H](CCCCCCCCCCC)CC(=O)NC1C(OCC2OC(OCCC)C(NC(=O)CC(O)CCCCCCCCCCC)C(O)C2O)OC(CO)C(OP(=O)(O)O)C1O. The number of nitrogens with one attached hydrogen (secondary N) is 2. The van der Waals surface area contributed by atoms with Gasteiger partial charge in [0, 0.05) is 13.0 Å². The molecule has 20 heteroatoms. The maximum absolute atomic E-state index is 14.0. The molecular weight excluding hydrogens is 992 g/mol. The summed E-state index contributed by atoms with van der Waals surface area (Å²) in [4.78, 5) is 59.8. The van der Waals surface area contributed by atoms with E-state index in [1.54, 1.807) is 0 Å². The van der Waals surface area contributed by atoms with E-state index >= 15 is 0 Å². The van der Waals surface area contributed by atoms with Crippen LogP contribution in [0.1, 0.15) is 240 Å². The van der Waals surface area contributed by atoms with Gasteiger partial charge in [-0.05, 0) is 32.1 Å². The molecule has 9 N–H and O–H groups in total. The van der Waals surface area contributed by atoms with Gasteiger partial charge >= 0.3 is 13.8 Å². The molecule has 0 spiro atoms. The van der Waals surface area contributed by atoms with Crippen molar-refractivity contribution in [3.05, 3.63) is 0 Å². The van der Waals surface area contributed by atoms with E-state index in [9.17, 15) is 54.3 Å². The predicted octanol–water partition coefficient (Wildman–Crippen LogP) is 8.22. The third-order valence-corrected chi connectivity index (χ3v) is 14.8. The van der Waals surface area contributed by atoms with E-state index in [4.69, 9.17) is 28.2 Å². The molecule has 11 unspecified atom stereocenters. The summed E-state index contributed by atoms with van der Waals surface area (Å²) >= 11 is 0. The Kier molecular flexibility index (Phi) is 38.9. The molecule has 2 aliphatic heterocycles. The minimum atomic E-state index is -5.30. The van der Waals surface area contributed by atoms with Gasteiger partial charge in [0.15, 0.2) is 12.6 Å². The minimum absolute atomic E-state index is 0.147. The summed E-state index contributed by atoms with van der Waals surface area (Å²) in [6.07, 6.45) is 15.6. The van der Waals surface area contributed by atoms with Gasteiger partial charge in [-0.2, -0.15) is 0 Å². The van der Waals surface area contributed by atoms with Gasteiger partial charge in [-0.1, -0.05) is 188 Å². The summed E-state index contributed by atoms with van der Waals surface area (Å²) in [7, 11) is -5.30. The number of ether oxygens (including phenoxy) is 5. The van der Waals surface area contributed by atoms with Gasteiger partial charge in [0.25, 0.3) is 0 Å². The van der Waals surface area contributed by atoms with Crippen LogP contribution in [-0.4, -0.2) is 146 Å². The molecule has 0 aromatic heterocycles. The van der Waals surface area contributed by atoms with Crippen molar-refractivity contribution in [2.24, 2.45) is 0 Å². The first kappa shape index (κ1) is 69.3. The Bertz CT molecular complexity index is 1510. The molecule has 12 atom stereocenters. The highest BCUT2D eigenvalue weighted by Gasteiger charge is 2.51. The summed E-state index contributed by atoms with van der Waals surface area (Å²) in [5.41, 5.74) is 0. The Morgan fingerprint density at radius 2 is 0.987 bits per heavy atom. The first-order valence-corrected chi connectivity index (χ1v) is 31.0. The molecule has 2 amide bonds. The van der Waals surface area contributed by atoms with Crippen molar-refractivity contribution in [1.82, 2.24) is 10.6 Å². The average Bonchev–Trinajstić information content (AvgIpc) is 3.36. The van der Waals surface area contributed by atoms with Crippen LogP contribution in [0, 0.1) is 0 Å². The van der Waals surface area contributed by atoms with E-state index in [2.05, 4.69) is 31.4 Å². The highest BCUT2D eigenvalue weighted by molar-refractivity contribution is 7.46. The first-order chi connectivity index (χ1) is 36.1. The monoisotopic (exact) mass is 1100 g/mol. The van der Waals surface area contributed by atoms with Crippen molar-refractivity contribution in [3.63, 3.8) is 0 Å². The molecule has 2 heterocycles. The summed E-state index contributed by atoms with van der Waals surface area (Å²) in [6.45, 7) is 7.07.